The van der Waals surface area contributed by atoms with E-state index in [4.69, 9.17) is 9.47 Å². The van der Waals surface area contributed by atoms with Gasteiger partial charge in [0, 0.05) is 5.38 Å². The fourth-order valence-corrected chi connectivity index (χ4v) is 3.73. The summed E-state index contributed by atoms with van der Waals surface area (Å²) in [4.78, 5) is 8.97. The molecule has 0 N–H and O–H groups in total. The second-order valence-corrected chi connectivity index (χ2v) is 7.70. The normalized spacial score (nSPS) is 11.4. The van der Waals surface area contributed by atoms with Crippen LogP contribution in [0.4, 0.5) is 0 Å². The summed E-state index contributed by atoms with van der Waals surface area (Å²) in [6.07, 6.45) is 11.3. The second kappa shape index (κ2) is 13.0. The van der Waals surface area contributed by atoms with Crippen LogP contribution in [0.15, 0.2) is 34.8 Å². The van der Waals surface area contributed by atoms with Gasteiger partial charge in [0.1, 0.15) is 19.5 Å². The van der Waals surface area contributed by atoms with E-state index in [0.717, 1.165) is 30.7 Å². The Morgan fingerprint density at radius 1 is 1.07 bits per heavy atom. The third-order valence-corrected chi connectivity index (χ3v) is 5.36. The van der Waals surface area contributed by atoms with Crippen LogP contribution in [0.1, 0.15) is 55.0 Å². The van der Waals surface area contributed by atoms with Crippen LogP contribution in [-0.4, -0.2) is 31.5 Å². The molecule has 0 radical (unpaired) electrons. The first-order chi connectivity index (χ1) is 14.1. The molecule has 0 bridgehead atoms. The van der Waals surface area contributed by atoms with Crippen molar-refractivity contribution in [2.75, 3.05) is 20.3 Å². The Kier molecular flexibility index (Phi) is 10.3. The van der Waals surface area contributed by atoms with E-state index in [2.05, 4.69) is 41.0 Å². The first kappa shape index (κ1) is 22.9. The van der Waals surface area contributed by atoms with Crippen LogP contribution in [0.3, 0.4) is 0 Å². The van der Waals surface area contributed by atoms with Gasteiger partial charge in [-0.1, -0.05) is 41.5 Å². The number of nitrogens with zero attached hydrogens (tertiary/aromatic N) is 2. The zero-order valence-corrected chi connectivity index (χ0v) is 18.8. The van der Waals surface area contributed by atoms with Crippen LogP contribution in [0.5, 0.6) is 10.9 Å². The van der Waals surface area contributed by atoms with E-state index in [9.17, 15) is 0 Å². The minimum Gasteiger partial charge on any atom is -0.490 e. The van der Waals surface area contributed by atoms with E-state index >= 15 is 0 Å². The molecule has 0 atom stereocenters. The van der Waals surface area contributed by atoms with Gasteiger partial charge in [0.2, 0.25) is 0 Å². The third-order valence-electron chi connectivity index (χ3n) is 4.59. The van der Waals surface area contributed by atoms with Crippen molar-refractivity contribution in [2.24, 2.45) is 5.16 Å². The molecule has 1 aromatic heterocycles. The second-order valence-electron chi connectivity index (χ2n) is 6.88. The lowest BCUT2D eigenvalue weighted by atomic mass is 9.97. The van der Waals surface area contributed by atoms with Gasteiger partial charge in [-0.25, -0.2) is 4.98 Å². The number of allylic oxidation sites excluding steroid dienone is 1. The maximum Gasteiger partial charge on any atom is 0.273 e. The van der Waals surface area contributed by atoms with Crippen LogP contribution >= 0.6 is 11.3 Å². The fraction of sp³-hybridized carbons (Fsp3) is 0.478. The summed E-state index contributed by atoms with van der Waals surface area (Å²) in [7, 11) is 1.51. The molecule has 0 spiro atoms. The minimum atomic E-state index is 0.625. The van der Waals surface area contributed by atoms with Crippen molar-refractivity contribution in [2.45, 2.75) is 52.9 Å². The van der Waals surface area contributed by atoms with E-state index in [1.54, 1.807) is 6.21 Å². The predicted molar refractivity (Wildman–Crippen MR) is 121 cm³/mol. The van der Waals surface area contributed by atoms with Gasteiger partial charge >= 0.3 is 0 Å². The highest BCUT2D eigenvalue weighted by molar-refractivity contribution is 7.11. The number of hydrogen-bond donors (Lipinski definition) is 0. The highest BCUT2D eigenvalue weighted by Gasteiger charge is 2.06. The monoisotopic (exact) mass is 416 g/mol. The number of rotatable bonds is 13. The fourth-order valence-electron chi connectivity index (χ4n) is 3.09. The van der Waals surface area contributed by atoms with Gasteiger partial charge in [-0.15, -0.1) is 0 Å². The number of benzene rings is 1. The maximum atomic E-state index is 5.77. The number of hydrogen-bond acceptors (Lipinski definition) is 6. The molecule has 0 aliphatic rings. The minimum absolute atomic E-state index is 0.625. The molecule has 5 nitrogen and oxygen atoms in total. The number of ether oxygens (including phenoxy) is 2. The summed E-state index contributed by atoms with van der Waals surface area (Å²) in [6.45, 7) is 7.69. The highest BCUT2D eigenvalue weighted by Crippen LogP contribution is 2.24. The third kappa shape index (κ3) is 8.28. The first-order valence-corrected chi connectivity index (χ1v) is 11.0. The Balaban J connectivity index is 1.65. The number of unbranched alkanes of at least 4 members (excludes halogenated alkanes) is 3. The Morgan fingerprint density at radius 2 is 1.83 bits per heavy atom. The van der Waals surface area contributed by atoms with Crippen LogP contribution in [0, 0.1) is 13.8 Å². The largest absolute Gasteiger partial charge is 0.490 e. The molecule has 0 saturated heterocycles. The summed E-state index contributed by atoms with van der Waals surface area (Å²) in [5.41, 5.74) is 4.85. The molecule has 6 heteroatoms. The Morgan fingerprint density at radius 3 is 2.55 bits per heavy atom. The summed E-state index contributed by atoms with van der Waals surface area (Å²) >= 11 is 1.48. The topological polar surface area (TPSA) is 52.9 Å². The zero-order valence-electron chi connectivity index (χ0n) is 17.9. The quantitative estimate of drug-likeness (QED) is 0.177. The zero-order chi connectivity index (χ0) is 20.9. The number of aromatic nitrogens is 1. The van der Waals surface area contributed by atoms with Crippen molar-refractivity contribution < 1.29 is 14.3 Å². The van der Waals surface area contributed by atoms with Gasteiger partial charge in [-0.05, 0) is 68.9 Å². The van der Waals surface area contributed by atoms with Gasteiger partial charge in [-0.2, -0.15) is 0 Å². The van der Waals surface area contributed by atoms with Crippen LogP contribution in [-0.2, 0) is 11.3 Å². The molecule has 0 amide bonds. The predicted octanol–water partition coefficient (Wildman–Crippen LogP) is 5.88. The van der Waals surface area contributed by atoms with E-state index in [-0.39, 0.29) is 0 Å². The molecule has 2 aromatic rings. The molecule has 29 heavy (non-hydrogen) atoms. The molecule has 0 aliphatic heterocycles. The average Bonchev–Trinajstić information content (AvgIpc) is 3.15. The molecule has 1 aromatic carbocycles. The average molecular weight is 417 g/mol. The lowest BCUT2D eigenvalue weighted by Crippen LogP contribution is -2.00. The Hall–Kier alpha value is -2.34. The van der Waals surface area contributed by atoms with E-state index in [0.29, 0.717) is 18.4 Å². The van der Waals surface area contributed by atoms with Gasteiger partial charge in [0.15, 0.2) is 0 Å². The lowest BCUT2D eigenvalue weighted by Gasteiger charge is -2.13. The molecule has 0 saturated carbocycles. The molecule has 0 unspecified atom stereocenters. The molecular weight excluding hydrogens is 384 g/mol. The lowest BCUT2D eigenvalue weighted by molar-refractivity contribution is 0.215. The van der Waals surface area contributed by atoms with Crippen LogP contribution < -0.4 is 9.47 Å². The number of aryl methyl sites for hydroxylation is 2. The Bertz CT molecular complexity index is 776. The number of thiazole rings is 1. The molecule has 158 valence electrons. The first-order valence-electron chi connectivity index (χ1n) is 10.1. The SMILES string of the molecule is C/C=C/COc1cc(C)c(CCCCCCOc2nc(/C=N/OC)cs2)c(C)c1. The number of oxime groups is 1. The van der Waals surface area contributed by atoms with Crippen LogP contribution in [0.2, 0.25) is 0 Å². The molecule has 0 fully saturated rings. The van der Waals surface area contributed by atoms with Gasteiger partial charge < -0.3 is 14.3 Å². The standard InChI is InChI=1S/C23H32N2O3S/c1-5-6-12-27-21-14-18(2)22(19(3)15-21)11-9-7-8-10-13-28-23-25-20(17-29-23)16-24-26-4/h5-6,14-17H,7-13H2,1-4H3/b6-5+,24-16+. The highest BCUT2D eigenvalue weighted by atomic mass is 32.1. The van der Waals surface area contributed by atoms with Crippen molar-refractivity contribution in [1.29, 1.82) is 0 Å². The summed E-state index contributed by atoms with van der Waals surface area (Å²) < 4.78 is 11.5. The maximum absolute atomic E-state index is 5.77. The van der Waals surface area contributed by atoms with E-state index < -0.39 is 0 Å². The van der Waals surface area contributed by atoms with Gasteiger partial charge in [0.05, 0.1) is 18.5 Å². The van der Waals surface area contributed by atoms with Crippen molar-refractivity contribution in [1.82, 2.24) is 4.98 Å². The Labute approximate surface area is 178 Å². The van der Waals surface area contributed by atoms with E-state index in [1.807, 2.05) is 24.5 Å². The summed E-state index contributed by atoms with van der Waals surface area (Å²) in [6, 6.07) is 4.30. The van der Waals surface area contributed by atoms with Crippen molar-refractivity contribution in [3.8, 4) is 10.9 Å². The van der Waals surface area contributed by atoms with E-state index in [1.165, 1.54) is 48.0 Å². The van der Waals surface area contributed by atoms with Crippen molar-refractivity contribution >= 4 is 17.6 Å². The molecule has 1 heterocycles. The van der Waals surface area contributed by atoms with Crippen molar-refractivity contribution in [3.05, 3.63) is 52.0 Å². The van der Waals surface area contributed by atoms with Crippen LogP contribution in [0.25, 0.3) is 0 Å². The van der Waals surface area contributed by atoms with Crippen molar-refractivity contribution in [3.63, 3.8) is 0 Å². The van der Waals surface area contributed by atoms with Gasteiger partial charge in [-0.3, -0.25) is 0 Å². The smallest absolute Gasteiger partial charge is 0.273 e. The summed E-state index contributed by atoms with van der Waals surface area (Å²) in [5, 5.41) is 6.29. The molecule has 2 rings (SSSR count). The molecule has 0 aliphatic carbocycles. The molecular formula is C23H32N2O3S. The summed E-state index contributed by atoms with van der Waals surface area (Å²) in [5.74, 6) is 0.956. The van der Waals surface area contributed by atoms with Gasteiger partial charge in [0.25, 0.3) is 5.19 Å².